The summed E-state index contributed by atoms with van der Waals surface area (Å²) in [6, 6.07) is 13.1. The largest absolute Gasteiger partial charge is 0.322 e. The number of urea groups is 1. The standard InChI is InChI=1S/C18H21N3O3S/c1-13-7-8-16(11-17(13)20-25(2,23)24)19-18(22)21-10-9-14-5-3-4-6-15(14)12-21/h3-8,11,20H,9-10,12H2,1-2H3,(H,19,22). The summed E-state index contributed by atoms with van der Waals surface area (Å²) < 4.78 is 25.4. The molecule has 0 spiro atoms. The van der Waals surface area contributed by atoms with E-state index < -0.39 is 10.0 Å². The number of nitrogens with zero attached hydrogens (tertiary/aromatic N) is 1. The molecular weight excluding hydrogens is 338 g/mol. The van der Waals surface area contributed by atoms with Crippen LogP contribution < -0.4 is 10.0 Å². The summed E-state index contributed by atoms with van der Waals surface area (Å²) in [5.74, 6) is 0. The van der Waals surface area contributed by atoms with E-state index in [0.29, 0.717) is 24.5 Å². The number of benzene rings is 2. The molecule has 2 amide bonds. The summed E-state index contributed by atoms with van der Waals surface area (Å²) in [6.45, 7) is 3.03. The van der Waals surface area contributed by atoms with Crippen LogP contribution in [0, 0.1) is 6.92 Å². The van der Waals surface area contributed by atoms with E-state index >= 15 is 0 Å². The average Bonchev–Trinajstić information content (AvgIpc) is 2.56. The molecule has 0 bridgehead atoms. The summed E-state index contributed by atoms with van der Waals surface area (Å²) in [6.07, 6.45) is 1.93. The number of fused-ring (bicyclic) bond motifs is 1. The zero-order chi connectivity index (χ0) is 18.0. The summed E-state index contributed by atoms with van der Waals surface area (Å²) in [5.41, 5.74) is 4.24. The molecule has 0 saturated carbocycles. The third kappa shape index (κ3) is 4.30. The first-order chi connectivity index (χ1) is 11.8. The molecule has 1 aliphatic rings. The highest BCUT2D eigenvalue weighted by molar-refractivity contribution is 7.92. The lowest BCUT2D eigenvalue weighted by Gasteiger charge is -2.29. The van der Waals surface area contributed by atoms with Crippen LogP contribution in [0.1, 0.15) is 16.7 Å². The Morgan fingerprint density at radius 2 is 1.84 bits per heavy atom. The predicted octanol–water partition coefficient (Wildman–Crippen LogP) is 2.96. The summed E-state index contributed by atoms with van der Waals surface area (Å²) >= 11 is 0. The molecule has 0 aromatic heterocycles. The van der Waals surface area contributed by atoms with E-state index in [1.165, 1.54) is 5.56 Å². The molecule has 2 aromatic rings. The Morgan fingerprint density at radius 1 is 1.12 bits per heavy atom. The van der Waals surface area contributed by atoms with Gasteiger partial charge in [-0.1, -0.05) is 30.3 Å². The highest BCUT2D eigenvalue weighted by Crippen LogP contribution is 2.23. The molecular formula is C18H21N3O3S. The van der Waals surface area contributed by atoms with Gasteiger partial charge in [-0.15, -0.1) is 0 Å². The van der Waals surface area contributed by atoms with Crippen molar-refractivity contribution < 1.29 is 13.2 Å². The number of carbonyl (C=O) groups is 1. The van der Waals surface area contributed by atoms with Gasteiger partial charge in [0, 0.05) is 18.8 Å². The Kier molecular flexibility index (Phi) is 4.67. The van der Waals surface area contributed by atoms with Crippen molar-refractivity contribution in [1.29, 1.82) is 0 Å². The summed E-state index contributed by atoms with van der Waals surface area (Å²) in [7, 11) is -3.37. The molecule has 3 rings (SSSR count). The lowest BCUT2D eigenvalue weighted by molar-refractivity contribution is 0.206. The molecule has 6 nitrogen and oxygen atoms in total. The number of aryl methyl sites for hydroxylation is 1. The Balaban J connectivity index is 1.72. The molecule has 0 radical (unpaired) electrons. The third-order valence-corrected chi connectivity index (χ3v) is 4.79. The van der Waals surface area contributed by atoms with E-state index in [0.717, 1.165) is 23.8 Å². The van der Waals surface area contributed by atoms with Gasteiger partial charge in [0.05, 0.1) is 11.9 Å². The van der Waals surface area contributed by atoms with Gasteiger partial charge in [-0.3, -0.25) is 4.72 Å². The molecule has 2 aromatic carbocycles. The fourth-order valence-electron chi connectivity index (χ4n) is 2.88. The molecule has 132 valence electrons. The predicted molar refractivity (Wildman–Crippen MR) is 99.2 cm³/mol. The molecule has 1 heterocycles. The van der Waals surface area contributed by atoms with E-state index in [1.54, 1.807) is 30.0 Å². The monoisotopic (exact) mass is 359 g/mol. The normalized spacial score (nSPS) is 13.9. The van der Waals surface area contributed by atoms with Crippen molar-refractivity contribution in [1.82, 2.24) is 4.90 Å². The Hall–Kier alpha value is -2.54. The number of hydrogen-bond acceptors (Lipinski definition) is 3. The Labute approximate surface area is 147 Å². The van der Waals surface area contributed by atoms with Crippen LogP contribution in [-0.2, 0) is 23.0 Å². The van der Waals surface area contributed by atoms with Crippen LogP contribution >= 0.6 is 0 Å². The van der Waals surface area contributed by atoms with Crippen LogP contribution in [0.3, 0.4) is 0 Å². The van der Waals surface area contributed by atoms with Gasteiger partial charge in [-0.25, -0.2) is 13.2 Å². The minimum Gasteiger partial charge on any atom is -0.320 e. The molecule has 2 N–H and O–H groups in total. The maximum absolute atomic E-state index is 12.5. The van der Waals surface area contributed by atoms with Crippen molar-refractivity contribution in [3.05, 3.63) is 59.2 Å². The average molecular weight is 359 g/mol. The lowest BCUT2D eigenvalue weighted by Crippen LogP contribution is -2.38. The lowest BCUT2D eigenvalue weighted by atomic mass is 10.0. The number of sulfonamides is 1. The van der Waals surface area contributed by atoms with Gasteiger partial charge in [0.15, 0.2) is 0 Å². The maximum atomic E-state index is 12.5. The molecule has 1 aliphatic heterocycles. The zero-order valence-corrected chi connectivity index (χ0v) is 15.1. The Morgan fingerprint density at radius 3 is 2.56 bits per heavy atom. The molecule has 25 heavy (non-hydrogen) atoms. The van der Waals surface area contributed by atoms with Gasteiger partial charge in [-0.2, -0.15) is 0 Å². The van der Waals surface area contributed by atoms with Crippen LogP contribution in [0.15, 0.2) is 42.5 Å². The fraction of sp³-hybridized carbons (Fsp3) is 0.278. The SMILES string of the molecule is Cc1ccc(NC(=O)N2CCc3ccccc3C2)cc1NS(C)(=O)=O. The van der Waals surface area contributed by atoms with Crippen LogP contribution in [-0.4, -0.2) is 32.1 Å². The zero-order valence-electron chi connectivity index (χ0n) is 14.2. The minimum atomic E-state index is -3.37. The van der Waals surface area contributed by atoms with Gasteiger partial charge in [0.1, 0.15) is 0 Å². The first-order valence-electron chi connectivity index (χ1n) is 8.03. The van der Waals surface area contributed by atoms with Gasteiger partial charge in [0.25, 0.3) is 0 Å². The van der Waals surface area contributed by atoms with Crippen LogP contribution in [0.5, 0.6) is 0 Å². The van der Waals surface area contributed by atoms with Crippen LogP contribution in [0.4, 0.5) is 16.2 Å². The smallest absolute Gasteiger partial charge is 0.320 e. The highest BCUT2D eigenvalue weighted by Gasteiger charge is 2.20. The van der Waals surface area contributed by atoms with Gasteiger partial charge >= 0.3 is 6.03 Å². The molecule has 0 unspecified atom stereocenters. The second kappa shape index (κ2) is 6.76. The molecule has 0 aliphatic carbocycles. The first kappa shape index (κ1) is 17.3. The van der Waals surface area contributed by atoms with Gasteiger partial charge in [-0.05, 0) is 42.2 Å². The summed E-state index contributed by atoms with van der Waals surface area (Å²) in [5, 5.41) is 2.85. The fourth-order valence-corrected chi connectivity index (χ4v) is 3.50. The molecule has 0 atom stereocenters. The first-order valence-corrected chi connectivity index (χ1v) is 9.92. The van der Waals surface area contributed by atoms with Crippen molar-refractivity contribution in [3.8, 4) is 0 Å². The number of hydrogen-bond donors (Lipinski definition) is 2. The van der Waals surface area contributed by atoms with Crippen LogP contribution in [0.25, 0.3) is 0 Å². The number of anilines is 2. The van der Waals surface area contributed by atoms with Gasteiger partial charge < -0.3 is 10.2 Å². The number of rotatable bonds is 3. The van der Waals surface area contributed by atoms with E-state index in [-0.39, 0.29) is 6.03 Å². The second-order valence-electron chi connectivity index (χ2n) is 6.27. The van der Waals surface area contributed by atoms with Gasteiger partial charge in [0.2, 0.25) is 10.0 Å². The number of carbonyl (C=O) groups excluding carboxylic acids is 1. The van der Waals surface area contributed by atoms with E-state index in [4.69, 9.17) is 0 Å². The number of nitrogens with one attached hydrogen (secondary N) is 2. The quantitative estimate of drug-likeness (QED) is 0.884. The third-order valence-electron chi connectivity index (χ3n) is 4.20. The molecule has 0 fully saturated rings. The highest BCUT2D eigenvalue weighted by atomic mass is 32.2. The van der Waals surface area contributed by atoms with E-state index in [9.17, 15) is 13.2 Å². The van der Waals surface area contributed by atoms with Crippen molar-refractivity contribution in [2.24, 2.45) is 0 Å². The maximum Gasteiger partial charge on any atom is 0.322 e. The second-order valence-corrected chi connectivity index (χ2v) is 8.02. The summed E-state index contributed by atoms with van der Waals surface area (Å²) in [4.78, 5) is 14.3. The van der Waals surface area contributed by atoms with E-state index in [1.807, 2.05) is 18.2 Å². The van der Waals surface area contributed by atoms with E-state index in [2.05, 4.69) is 16.1 Å². The van der Waals surface area contributed by atoms with Crippen molar-refractivity contribution in [2.45, 2.75) is 19.9 Å². The van der Waals surface area contributed by atoms with Crippen molar-refractivity contribution in [3.63, 3.8) is 0 Å². The topological polar surface area (TPSA) is 78.5 Å². The number of amides is 2. The molecule has 7 heteroatoms. The van der Waals surface area contributed by atoms with Crippen LogP contribution in [0.2, 0.25) is 0 Å². The van der Waals surface area contributed by atoms with Crippen molar-refractivity contribution in [2.75, 3.05) is 22.8 Å². The molecule has 0 saturated heterocycles. The van der Waals surface area contributed by atoms with Crippen molar-refractivity contribution >= 4 is 27.4 Å². The minimum absolute atomic E-state index is 0.191. The Bertz CT molecular complexity index is 910.